The molecule has 0 atom stereocenters. The molecule has 3 aromatic rings. The van der Waals surface area contributed by atoms with Crippen LogP contribution < -0.4 is 16.3 Å². The summed E-state index contributed by atoms with van der Waals surface area (Å²) < 4.78 is 0. The van der Waals surface area contributed by atoms with Crippen molar-refractivity contribution in [2.24, 2.45) is 0 Å². The molecule has 6 nitrogen and oxygen atoms in total. The van der Waals surface area contributed by atoms with Crippen LogP contribution in [-0.2, 0) is 0 Å². The van der Waals surface area contributed by atoms with E-state index in [1.807, 2.05) is 0 Å². The van der Waals surface area contributed by atoms with Crippen molar-refractivity contribution >= 4 is 34.1 Å². The zero-order chi connectivity index (χ0) is 15.5. The van der Waals surface area contributed by atoms with Gasteiger partial charge in [0, 0.05) is 17.1 Å². The summed E-state index contributed by atoms with van der Waals surface area (Å²) >= 11 is 1.25. The summed E-state index contributed by atoms with van der Waals surface area (Å²) in [5, 5.41) is 2.17. The Bertz CT molecular complexity index is 900. The second-order valence-corrected chi connectivity index (χ2v) is 5.41. The molecule has 0 aliphatic carbocycles. The van der Waals surface area contributed by atoms with Gasteiger partial charge in [-0.15, -0.1) is 11.3 Å². The molecule has 0 aliphatic rings. The van der Waals surface area contributed by atoms with Crippen LogP contribution in [-0.4, -0.2) is 16.8 Å². The summed E-state index contributed by atoms with van der Waals surface area (Å²) in [6.07, 6.45) is 1.33. The summed E-state index contributed by atoms with van der Waals surface area (Å²) in [5.74, 6) is -1.10. The summed E-state index contributed by atoms with van der Waals surface area (Å²) in [5.41, 5.74) is 4.71. The maximum absolute atomic E-state index is 12.3. The Hall–Kier alpha value is -2.93. The number of rotatable bonds is 2. The molecular formula is C15H11N3O3S. The molecule has 0 radical (unpaired) electrons. The molecule has 0 saturated heterocycles. The number of nitrogens with one attached hydrogen (secondary N) is 3. The number of amides is 2. The minimum Gasteiger partial charge on any atom is -0.360 e. The van der Waals surface area contributed by atoms with Gasteiger partial charge < -0.3 is 4.98 Å². The van der Waals surface area contributed by atoms with Gasteiger partial charge in [0.1, 0.15) is 5.56 Å². The number of pyridine rings is 1. The molecule has 2 aromatic heterocycles. The minimum absolute atomic E-state index is 0.0646. The number of carbonyl (C=O) groups excluding carboxylic acids is 2. The molecule has 1 aromatic carbocycles. The Morgan fingerprint density at radius 2 is 1.77 bits per heavy atom. The predicted molar refractivity (Wildman–Crippen MR) is 83.8 cm³/mol. The maximum atomic E-state index is 12.3. The number of fused-ring (bicyclic) bond motifs is 1. The Morgan fingerprint density at radius 3 is 2.55 bits per heavy atom. The van der Waals surface area contributed by atoms with Crippen LogP contribution in [0.4, 0.5) is 0 Å². The lowest BCUT2D eigenvalue weighted by Crippen LogP contribution is -2.43. The highest BCUT2D eigenvalue weighted by molar-refractivity contribution is 7.12. The molecule has 110 valence electrons. The van der Waals surface area contributed by atoms with E-state index in [-0.39, 0.29) is 5.56 Å². The highest BCUT2D eigenvalue weighted by Gasteiger charge is 2.14. The zero-order valence-electron chi connectivity index (χ0n) is 11.3. The lowest BCUT2D eigenvalue weighted by molar-refractivity contribution is 0.0848. The van der Waals surface area contributed by atoms with Crippen molar-refractivity contribution < 1.29 is 9.59 Å². The highest BCUT2D eigenvalue weighted by Crippen LogP contribution is 2.08. The summed E-state index contributed by atoms with van der Waals surface area (Å²) in [6, 6.07) is 10.3. The van der Waals surface area contributed by atoms with Crippen LogP contribution in [0.15, 0.2) is 52.8 Å². The fourth-order valence-corrected chi connectivity index (χ4v) is 2.61. The molecule has 0 unspecified atom stereocenters. The number of aromatic nitrogens is 1. The van der Waals surface area contributed by atoms with E-state index in [0.29, 0.717) is 15.8 Å². The largest absolute Gasteiger partial charge is 0.360 e. The van der Waals surface area contributed by atoms with Crippen LogP contribution in [0.1, 0.15) is 20.0 Å². The minimum atomic E-state index is -0.670. The van der Waals surface area contributed by atoms with Crippen LogP contribution in [0.5, 0.6) is 0 Å². The molecule has 22 heavy (non-hydrogen) atoms. The zero-order valence-corrected chi connectivity index (χ0v) is 12.1. The van der Waals surface area contributed by atoms with E-state index in [1.165, 1.54) is 17.5 Å². The predicted octanol–water partition coefficient (Wildman–Crippen LogP) is 1.66. The van der Waals surface area contributed by atoms with E-state index in [1.54, 1.807) is 41.8 Å². The van der Waals surface area contributed by atoms with E-state index in [0.717, 1.165) is 0 Å². The summed E-state index contributed by atoms with van der Waals surface area (Å²) in [7, 11) is 0. The van der Waals surface area contributed by atoms with Crippen molar-refractivity contribution in [1.29, 1.82) is 0 Å². The first-order chi connectivity index (χ1) is 10.7. The first-order valence-corrected chi connectivity index (χ1v) is 7.29. The van der Waals surface area contributed by atoms with Crippen molar-refractivity contribution in [2.45, 2.75) is 0 Å². The van der Waals surface area contributed by atoms with E-state index >= 15 is 0 Å². The number of hydrogen-bond donors (Lipinski definition) is 3. The topological polar surface area (TPSA) is 91.1 Å². The van der Waals surface area contributed by atoms with Crippen molar-refractivity contribution in [3.8, 4) is 0 Å². The van der Waals surface area contributed by atoms with Gasteiger partial charge >= 0.3 is 0 Å². The van der Waals surface area contributed by atoms with Crippen LogP contribution in [0.2, 0.25) is 0 Å². The van der Waals surface area contributed by atoms with Crippen LogP contribution in [0, 0.1) is 0 Å². The van der Waals surface area contributed by atoms with Crippen LogP contribution in [0.3, 0.4) is 0 Å². The second-order valence-electron chi connectivity index (χ2n) is 4.46. The number of carbonyl (C=O) groups is 2. The van der Waals surface area contributed by atoms with Crippen LogP contribution >= 0.6 is 11.3 Å². The third-order valence-electron chi connectivity index (χ3n) is 3.07. The monoisotopic (exact) mass is 313 g/mol. The van der Waals surface area contributed by atoms with Gasteiger partial charge in [0.25, 0.3) is 11.8 Å². The molecule has 0 fully saturated rings. The normalized spacial score (nSPS) is 10.4. The lowest BCUT2D eigenvalue weighted by atomic mass is 10.1. The number of hydrazine groups is 1. The van der Waals surface area contributed by atoms with Gasteiger partial charge in [-0.3, -0.25) is 25.2 Å². The maximum Gasteiger partial charge on any atom is 0.279 e. The fraction of sp³-hybridized carbons (Fsp3) is 0. The van der Waals surface area contributed by atoms with E-state index in [4.69, 9.17) is 0 Å². The van der Waals surface area contributed by atoms with Gasteiger partial charge in [0.05, 0.1) is 4.88 Å². The van der Waals surface area contributed by atoms with Gasteiger partial charge in [0.15, 0.2) is 0 Å². The summed E-state index contributed by atoms with van der Waals surface area (Å²) in [4.78, 5) is 39.4. The van der Waals surface area contributed by atoms with E-state index in [2.05, 4.69) is 15.8 Å². The molecule has 0 aliphatic heterocycles. The smallest absolute Gasteiger partial charge is 0.279 e. The lowest BCUT2D eigenvalue weighted by Gasteiger charge is -2.06. The number of benzene rings is 1. The van der Waals surface area contributed by atoms with Crippen LogP contribution in [0.25, 0.3) is 10.9 Å². The molecule has 3 N–H and O–H groups in total. The van der Waals surface area contributed by atoms with Crippen molar-refractivity contribution in [2.75, 3.05) is 0 Å². The molecule has 3 rings (SSSR count). The highest BCUT2D eigenvalue weighted by atomic mass is 32.1. The van der Waals surface area contributed by atoms with E-state index < -0.39 is 17.2 Å². The van der Waals surface area contributed by atoms with Crippen molar-refractivity contribution in [1.82, 2.24) is 15.8 Å². The average molecular weight is 313 g/mol. The molecule has 2 heterocycles. The number of H-pyrrole nitrogens is 1. The third-order valence-corrected chi connectivity index (χ3v) is 3.94. The Labute approximate surface area is 128 Å². The number of para-hydroxylation sites is 1. The number of aromatic amines is 1. The van der Waals surface area contributed by atoms with Gasteiger partial charge in [-0.2, -0.15) is 0 Å². The Kier molecular flexibility index (Phi) is 3.71. The standard InChI is InChI=1S/C15H11N3O3S/c19-13-9-4-1-2-5-11(9)16-8-10(13)14(20)17-18-15(21)12-6-3-7-22-12/h1-8H,(H,16,19)(H,17,20)(H,18,21). The van der Waals surface area contributed by atoms with Gasteiger partial charge in [0.2, 0.25) is 5.43 Å². The molecule has 2 amide bonds. The first-order valence-electron chi connectivity index (χ1n) is 6.41. The first kappa shape index (κ1) is 14.0. The number of thiophene rings is 1. The quantitative estimate of drug-likeness (QED) is 0.628. The Morgan fingerprint density at radius 1 is 1.00 bits per heavy atom. The van der Waals surface area contributed by atoms with Gasteiger partial charge in [-0.1, -0.05) is 18.2 Å². The number of hydrogen-bond acceptors (Lipinski definition) is 4. The van der Waals surface area contributed by atoms with E-state index in [9.17, 15) is 14.4 Å². The fourth-order valence-electron chi connectivity index (χ4n) is 1.99. The molecule has 7 heteroatoms. The Balaban J connectivity index is 1.79. The SMILES string of the molecule is O=C(NNC(=O)c1c[nH]c2ccccc2c1=O)c1cccs1. The van der Waals surface area contributed by atoms with Crippen molar-refractivity contribution in [3.05, 3.63) is 68.6 Å². The average Bonchev–Trinajstić information content (AvgIpc) is 3.07. The molecule has 0 spiro atoms. The molecular weight excluding hydrogens is 302 g/mol. The third kappa shape index (κ3) is 2.61. The second kappa shape index (κ2) is 5.82. The van der Waals surface area contributed by atoms with Gasteiger partial charge in [-0.25, -0.2) is 0 Å². The van der Waals surface area contributed by atoms with Gasteiger partial charge in [-0.05, 0) is 23.6 Å². The summed E-state index contributed by atoms with van der Waals surface area (Å²) in [6.45, 7) is 0. The van der Waals surface area contributed by atoms with Crippen molar-refractivity contribution in [3.63, 3.8) is 0 Å². The molecule has 0 bridgehead atoms. The molecule has 0 saturated carbocycles.